The fourth-order valence-electron chi connectivity index (χ4n) is 2.73. The maximum absolute atomic E-state index is 12.3. The smallest absolute Gasteiger partial charge is 0.364 e. The zero-order valence-electron chi connectivity index (χ0n) is 18.0. The van der Waals surface area contributed by atoms with Gasteiger partial charge in [-0.05, 0) is 31.5 Å². The number of nitrogens with zero attached hydrogens (tertiary/aromatic N) is 1. The van der Waals surface area contributed by atoms with Crippen molar-refractivity contribution < 1.29 is 33.5 Å². The second-order valence-electron chi connectivity index (χ2n) is 7.17. The van der Waals surface area contributed by atoms with Crippen LogP contribution in [0, 0.1) is 0 Å². The molecule has 3 N–H and O–H groups in total. The average molecular weight is 477 g/mol. The molecule has 0 aromatic heterocycles. The van der Waals surface area contributed by atoms with Gasteiger partial charge >= 0.3 is 5.30 Å². The minimum Gasteiger partial charge on any atom is -0.453 e. The predicted octanol–water partition coefficient (Wildman–Crippen LogP) is 0.516. The summed E-state index contributed by atoms with van der Waals surface area (Å²) in [5.41, 5.74) is 1.18. The largest absolute Gasteiger partial charge is 0.453 e. The van der Waals surface area contributed by atoms with Gasteiger partial charge in [0.1, 0.15) is 18.7 Å². The Morgan fingerprint density at radius 2 is 1.52 bits per heavy atom. The number of hydrogen-bond donors (Lipinski definition) is 4. The number of thiol groups is 1. The van der Waals surface area contributed by atoms with E-state index < -0.39 is 46.9 Å². The highest BCUT2D eigenvalue weighted by atomic mass is 32.1. The lowest BCUT2D eigenvalue weighted by Crippen LogP contribution is -2.50. The zero-order chi connectivity index (χ0) is 24.5. The number of benzene rings is 1. The van der Waals surface area contributed by atoms with E-state index in [0.717, 1.165) is 17.1 Å². The molecule has 0 radical (unpaired) electrons. The van der Waals surface area contributed by atoms with Crippen molar-refractivity contribution in [2.75, 3.05) is 11.9 Å². The third-order valence-electron chi connectivity index (χ3n) is 4.57. The number of imide groups is 1. The number of carbonyl (C=O) groups excluding carboxylic acids is 6. The molecule has 11 nitrogen and oxygen atoms in total. The molecule has 2 rings (SSSR count). The number of hydrogen-bond acceptors (Lipinski definition) is 7. The Morgan fingerprint density at radius 1 is 0.939 bits per heavy atom. The molecule has 0 aliphatic carbocycles. The summed E-state index contributed by atoms with van der Waals surface area (Å²) in [7, 11) is 0. The first-order chi connectivity index (χ1) is 15.6. The summed E-state index contributed by atoms with van der Waals surface area (Å²) < 4.78 is 4.76. The molecule has 0 saturated carbocycles. The molecule has 0 bridgehead atoms. The Balaban J connectivity index is 1.75. The van der Waals surface area contributed by atoms with Crippen LogP contribution >= 0.6 is 12.6 Å². The number of ether oxygens (including phenoxy) is 1. The number of carbonyl (C=O) groups is 6. The molecule has 1 aromatic carbocycles. The van der Waals surface area contributed by atoms with Gasteiger partial charge in [0, 0.05) is 30.8 Å². The number of rotatable bonds is 10. The van der Waals surface area contributed by atoms with Gasteiger partial charge in [-0.2, -0.15) is 0 Å². The minimum absolute atomic E-state index is 0.0498. The molecular weight excluding hydrogens is 452 g/mol. The van der Waals surface area contributed by atoms with Gasteiger partial charge in [-0.25, -0.2) is 4.79 Å². The Morgan fingerprint density at radius 3 is 2.09 bits per heavy atom. The first-order valence-electron chi connectivity index (χ1n) is 9.95. The monoisotopic (exact) mass is 476 g/mol. The number of amides is 5. The Labute approximate surface area is 195 Å². The molecule has 0 fully saturated rings. The SMILES string of the molecule is C[C@H](NC(=O)CCN1C(=O)C=CC1=O)C(=O)N[C@@H](C)C(=O)Nc1ccc(COC(=O)S)cc1. The van der Waals surface area contributed by atoms with Gasteiger partial charge in [0.05, 0.1) is 0 Å². The molecule has 0 saturated heterocycles. The van der Waals surface area contributed by atoms with Crippen LogP contribution in [-0.2, 0) is 35.3 Å². The van der Waals surface area contributed by atoms with Gasteiger partial charge in [0.2, 0.25) is 17.7 Å². The second-order valence-corrected chi connectivity index (χ2v) is 7.54. The number of nitrogens with one attached hydrogen (secondary N) is 3. The third kappa shape index (κ3) is 8.07. The van der Waals surface area contributed by atoms with Gasteiger partial charge in [0.15, 0.2) is 0 Å². The fourth-order valence-corrected chi connectivity index (χ4v) is 2.79. The minimum atomic E-state index is -0.940. The molecule has 33 heavy (non-hydrogen) atoms. The summed E-state index contributed by atoms with van der Waals surface area (Å²) in [5.74, 6) is -2.56. The van der Waals surface area contributed by atoms with Crippen LogP contribution in [-0.4, -0.2) is 58.4 Å². The van der Waals surface area contributed by atoms with Crippen LogP contribution in [0.3, 0.4) is 0 Å². The Bertz CT molecular complexity index is 959. The molecule has 0 unspecified atom stereocenters. The lowest BCUT2D eigenvalue weighted by atomic mass is 10.2. The van der Waals surface area contributed by atoms with Gasteiger partial charge in [-0.3, -0.25) is 28.9 Å². The summed E-state index contributed by atoms with van der Waals surface area (Å²) >= 11 is 3.51. The molecule has 5 amide bonds. The highest BCUT2D eigenvalue weighted by Gasteiger charge is 2.25. The van der Waals surface area contributed by atoms with Crippen molar-refractivity contribution in [2.45, 2.75) is 39.0 Å². The first-order valence-corrected chi connectivity index (χ1v) is 10.4. The van der Waals surface area contributed by atoms with E-state index in [1.165, 1.54) is 13.8 Å². The molecule has 1 aliphatic rings. The molecule has 12 heteroatoms. The van der Waals surface area contributed by atoms with E-state index in [1.54, 1.807) is 24.3 Å². The van der Waals surface area contributed by atoms with Crippen molar-refractivity contribution in [3.05, 3.63) is 42.0 Å². The molecular formula is C21H24N4O7S. The molecule has 1 aromatic rings. The molecule has 1 aliphatic heterocycles. The average Bonchev–Trinajstić information content (AvgIpc) is 3.08. The van der Waals surface area contributed by atoms with Crippen molar-refractivity contribution in [1.29, 1.82) is 0 Å². The van der Waals surface area contributed by atoms with Crippen molar-refractivity contribution in [2.24, 2.45) is 0 Å². The van der Waals surface area contributed by atoms with Gasteiger partial charge in [-0.1, -0.05) is 24.8 Å². The highest BCUT2D eigenvalue weighted by molar-refractivity contribution is 7.96. The van der Waals surface area contributed by atoms with E-state index in [9.17, 15) is 28.8 Å². The van der Waals surface area contributed by atoms with Gasteiger partial charge < -0.3 is 20.7 Å². The summed E-state index contributed by atoms with van der Waals surface area (Å²) in [6.07, 6.45) is 2.09. The van der Waals surface area contributed by atoms with E-state index in [2.05, 4.69) is 28.6 Å². The Kier molecular flexibility index (Phi) is 9.16. The second kappa shape index (κ2) is 11.8. The quantitative estimate of drug-likeness (QED) is 0.218. The van der Waals surface area contributed by atoms with E-state index in [-0.39, 0.29) is 19.6 Å². The lowest BCUT2D eigenvalue weighted by molar-refractivity contribution is -0.137. The van der Waals surface area contributed by atoms with Crippen LogP contribution in [0.2, 0.25) is 0 Å². The van der Waals surface area contributed by atoms with Gasteiger partial charge in [-0.15, -0.1) is 0 Å². The highest BCUT2D eigenvalue weighted by Crippen LogP contribution is 2.11. The molecule has 0 spiro atoms. The third-order valence-corrected chi connectivity index (χ3v) is 4.70. The van der Waals surface area contributed by atoms with Crippen molar-refractivity contribution in [1.82, 2.24) is 15.5 Å². The van der Waals surface area contributed by atoms with Crippen LogP contribution in [0.15, 0.2) is 36.4 Å². The fraction of sp³-hybridized carbons (Fsp3) is 0.333. The summed E-state index contributed by atoms with van der Waals surface area (Å²) in [4.78, 5) is 71.3. The first kappa shape index (κ1) is 25.6. The van der Waals surface area contributed by atoms with E-state index in [1.807, 2.05) is 0 Å². The normalized spacial score (nSPS) is 14.5. The topological polar surface area (TPSA) is 151 Å². The van der Waals surface area contributed by atoms with Crippen LogP contribution in [0.5, 0.6) is 0 Å². The van der Waals surface area contributed by atoms with Crippen molar-refractivity contribution in [3.63, 3.8) is 0 Å². The molecule has 2 atom stereocenters. The molecule has 1 heterocycles. The summed E-state index contributed by atoms with van der Waals surface area (Å²) in [6, 6.07) is 4.71. The summed E-state index contributed by atoms with van der Waals surface area (Å²) in [5, 5.41) is 6.90. The van der Waals surface area contributed by atoms with E-state index in [0.29, 0.717) is 11.3 Å². The van der Waals surface area contributed by atoms with E-state index in [4.69, 9.17) is 4.74 Å². The van der Waals surface area contributed by atoms with Crippen LogP contribution in [0.25, 0.3) is 0 Å². The standard InChI is InChI=1S/C21H24N4O7S/c1-12(22-16(26)9-10-25-17(27)7-8-18(25)28)19(29)23-13(2)20(30)24-15-5-3-14(4-6-15)11-32-21(31)33/h3-8,12-13H,9-11H2,1-2H3,(H,22,26)(H,23,29)(H,24,30)(H,31,33)/t12-,13-/m0/s1. The van der Waals surface area contributed by atoms with Crippen molar-refractivity contribution in [3.8, 4) is 0 Å². The van der Waals surface area contributed by atoms with Crippen LogP contribution < -0.4 is 16.0 Å². The number of anilines is 1. The lowest BCUT2D eigenvalue weighted by Gasteiger charge is -2.19. The van der Waals surface area contributed by atoms with Crippen molar-refractivity contribution >= 4 is 53.2 Å². The zero-order valence-corrected chi connectivity index (χ0v) is 18.9. The predicted molar refractivity (Wildman–Crippen MR) is 120 cm³/mol. The maximum Gasteiger partial charge on any atom is 0.364 e. The maximum atomic E-state index is 12.3. The van der Waals surface area contributed by atoms with Crippen LogP contribution in [0.1, 0.15) is 25.8 Å². The summed E-state index contributed by atoms with van der Waals surface area (Å²) in [6.45, 7) is 2.88. The van der Waals surface area contributed by atoms with Gasteiger partial charge in [0.25, 0.3) is 11.8 Å². The molecule has 176 valence electrons. The van der Waals surface area contributed by atoms with E-state index >= 15 is 0 Å². The Hall–Kier alpha value is -3.67. The van der Waals surface area contributed by atoms with Crippen LogP contribution in [0.4, 0.5) is 10.5 Å².